The Balaban J connectivity index is 4.24. The molecule has 0 saturated carbocycles. The fourth-order valence-electron chi connectivity index (χ4n) is 2.52. The van der Waals surface area contributed by atoms with Crippen molar-refractivity contribution >= 4 is 6.16 Å². The van der Waals surface area contributed by atoms with Crippen LogP contribution in [-0.4, -0.2) is 17.9 Å². The number of ether oxygens (including phenoxy) is 2. The zero-order valence-corrected chi connectivity index (χ0v) is 17.2. The second kappa shape index (κ2) is 12.8. The molecule has 0 aromatic rings. The molecular formula is C22H38O3. The molecule has 3 heteroatoms. The molecule has 0 heterocycles. The molecule has 0 aliphatic rings. The van der Waals surface area contributed by atoms with Crippen molar-refractivity contribution in [1.29, 1.82) is 0 Å². The Morgan fingerprint density at radius 3 is 1.84 bits per heavy atom. The van der Waals surface area contributed by atoms with Crippen LogP contribution in [0.5, 0.6) is 0 Å². The molecular weight excluding hydrogens is 312 g/mol. The van der Waals surface area contributed by atoms with Crippen LogP contribution in [-0.2, 0) is 9.47 Å². The van der Waals surface area contributed by atoms with Gasteiger partial charge in [-0.3, -0.25) is 0 Å². The summed E-state index contributed by atoms with van der Waals surface area (Å²) in [6.07, 6.45) is 15.7. The molecule has 0 spiro atoms. The van der Waals surface area contributed by atoms with E-state index in [0.717, 1.165) is 19.3 Å². The van der Waals surface area contributed by atoms with Crippen LogP contribution in [0.4, 0.5) is 4.79 Å². The van der Waals surface area contributed by atoms with E-state index in [4.69, 9.17) is 9.47 Å². The van der Waals surface area contributed by atoms with Crippen LogP contribution in [0.25, 0.3) is 0 Å². The Kier molecular flexibility index (Phi) is 12.0. The molecule has 25 heavy (non-hydrogen) atoms. The average Bonchev–Trinajstić information content (AvgIpc) is 2.50. The summed E-state index contributed by atoms with van der Waals surface area (Å²) in [6.45, 7) is 14.2. The molecule has 0 aliphatic heterocycles. The molecule has 3 nitrogen and oxygen atoms in total. The average molecular weight is 351 g/mol. The number of allylic oxidation sites excluding steroid dienone is 5. The molecule has 0 N–H and O–H groups in total. The van der Waals surface area contributed by atoms with Gasteiger partial charge in [-0.1, -0.05) is 71.1 Å². The molecule has 0 aliphatic carbocycles. The van der Waals surface area contributed by atoms with Gasteiger partial charge >= 0.3 is 6.16 Å². The van der Waals surface area contributed by atoms with Crippen molar-refractivity contribution in [2.45, 2.75) is 85.9 Å². The summed E-state index contributed by atoms with van der Waals surface area (Å²) in [5.41, 5.74) is -0.570. The molecule has 0 bridgehead atoms. The number of hydrogen-bond donors (Lipinski definition) is 0. The highest BCUT2D eigenvalue weighted by molar-refractivity contribution is 5.60. The van der Waals surface area contributed by atoms with Gasteiger partial charge in [-0.25, -0.2) is 4.79 Å². The normalized spacial score (nSPS) is 13.2. The van der Waals surface area contributed by atoms with Crippen LogP contribution in [0.15, 0.2) is 36.5 Å². The molecule has 0 fully saturated rings. The summed E-state index contributed by atoms with van der Waals surface area (Å²) in [5.74, 6) is 0.545. The van der Waals surface area contributed by atoms with E-state index in [1.165, 1.54) is 0 Å². The van der Waals surface area contributed by atoms with Gasteiger partial charge in [0.1, 0.15) is 11.7 Å². The Morgan fingerprint density at radius 1 is 0.880 bits per heavy atom. The fraction of sp³-hybridized carbons (Fsp3) is 0.682. The predicted octanol–water partition coefficient (Wildman–Crippen LogP) is 6.85. The summed E-state index contributed by atoms with van der Waals surface area (Å²) in [6, 6.07) is 0. The van der Waals surface area contributed by atoms with Crippen LogP contribution in [0.3, 0.4) is 0 Å². The molecule has 0 unspecified atom stereocenters. The van der Waals surface area contributed by atoms with Crippen molar-refractivity contribution in [2.24, 2.45) is 11.8 Å². The van der Waals surface area contributed by atoms with Gasteiger partial charge in [0, 0.05) is 6.42 Å². The van der Waals surface area contributed by atoms with Gasteiger partial charge in [-0.2, -0.15) is 0 Å². The zero-order valence-electron chi connectivity index (χ0n) is 17.2. The monoisotopic (exact) mass is 350 g/mol. The van der Waals surface area contributed by atoms with E-state index < -0.39 is 11.8 Å². The highest BCUT2D eigenvalue weighted by atomic mass is 16.7. The van der Waals surface area contributed by atoms with Gasteiger partial charge in [-0.05, 0) is 44.9 Å². The van der Waals surface area contributed by atoms with E-state index >= 15 is 0 Å². The van der Waals surface area contributed by atoms with Crippen molar-refractivity contribution in [3.63, 3.8) is 0 Å². The summed E-state index contributed by atoms with van der Waals surface area (Å²) < 4.78 is 11.0. The third kappa shape index (κ3) is 12.5. The minimum atomic E-state index is -0.576. The molecule has 0 amide bonds. The van der Waals surface area contributed by atoms with Crippen LogP contribution in [0.1, 0.15) is 74.1 Å². The quantitative estimate of drug-likeness (QED) is 0.302. The van der Waals surface area contributed by atoms with Gasteiger partial charge in [0.2, 0.25) is 0 Å². The smallest absolute Gasteiger partial charge is 0.430 e. The minimum absolute atomic E-state index is 0.120. The number of carbonyl (C=O) groups is 1. The van der Waals surface area contributed by atoms with Crippen molar-refractivity contribution in [3.05, 3.63) is 36.5 Å². The first-order valence-corrected chi connectivity index (χ1v) is 9.54. The maximum absolute atomic E-state index is 12.1. The maximum Gasteiger partial charge on any atom is 0.509 e. The van der Waals surface area contributed by atoms with Crippen LogP contribution in [0.2, 0.25) is 0 Å². The Morgan fingerprint density at radius 2 is 1.36 bits per heavy atom. The Labute approximate surface area is 155 Å². The fourth-order valence-corrected chi connectivity index (χ4v) is 2.52. The summed E-state index contributed by atoms with van der Waals surface area (Å²) in [4.78, 5) is 12.1. The Bertz CT molecular complexity index is 434. The van der Waals surface area contributed by atoms with E-state index in [0.29, 0.717) is 6.42 Å². The predicted molar refractivity (Wildman–Crippen MR) is 107 cm³/mol. The first kappa shape index (κ1) is 23.5. The van der Waals surface area contributed by atoms with E-state index in [2.05, 4.69) is 71.1 Å². The van der Waals surface area contributed by atoms with E-state index in [1.807, 2.05) is 13.8 Å². The molecule has 0 aromatic carbocycles. The maximum atomic E-state index is 12.1. The SMILES string of the molecule is CC/C=C\C/C=C\C/C=C\CC(C)(C)OC(=O)OC(C(C)C)C(C)C. The third-order valence-electron chi connectivity index (χ3n) is 3.80. The second-order valence-electron chi connectivity index (χ2n) is 7.68. The molecule has 0 radical (unpaired) electrons. The van der Waals surface area contributed by atoms with Gasteiger partial charge in [-0.15, -0.1) is 0 Å². The molecule has 0 rings (SSSR count). The lowest BCUT2D eigenvalue weighted by molar-refractivity contribution is -0.0525. The standard InChI is InChI=1S/C22H38O3/c1-8-9-10-11-12-13-14-15-16-17-22(6,7)25-21(23)24-20(18(2)3)19(4)5/h9-10,12-13,15-16,18-20H,8,11,14,17H2,1-7H3/b10-9-,13-12-,16-15-. The molecule has 0 saturated heterocycles. The molecule has 0 atom stereocenters. The summed E-state index contributed by atoms with van der Waals surface area (Å²) in [5, 5.41) is 0. The first-order valence-electron chi connectivity index (χ1n) is 9.54. The third-order valence-corrected chi connectivity index (χ3v) is 3.80. The lowest BCUT2D eigenvalue weighted by Gasteiger charge is -2.28. The number of rotatable bonds is 11. The minimum Gasteiger partial charge on any atom is -0.430 e. The lowest BCUT2D eigenvalue weighted by atomic mass is 9.96. The van der Waals surface area contributed by atoms with Crippen molar-refractivity contribution in [1.82, 2.24) is 0 Å². The van der Waals surface area contributed by atoms with Crippen molar-refractivity contribution < 1.29 is 14.3 Å². The lowest BCUT2D eigenvalue weighted by Crippen LogP contribution is -2.34. The van der Waals surface area contributed by atoms with Crippen molar-refractivity contribution in [2.75, 3.05) is 0 Å². The van der Waals surface area contributed by atoms with E-state index in [9.17, 15) is 4.79 Å². The van der Waals surface area contributed by atoms with Gasteiger partial charge in [0.25, 0.3) is 0 Å². The summed E-state index contributed by atoms with van der Waals surface area (Å²) in [7, 11) is 0. The first-order chi connectivity index (χ1) is 11.7. The molecule has 0 aromatic heterocycles. The van der Waals surface area contributed by atoms with Crippen LogP contribution in [0, 0.1) is 11.8 Å². The Hall–Kier alpha value is -1.51. The van der Waals surface area contributed by atoms with Gasteiger partial charge in [0.15, 0.2) is 0 Å². The van der Waals surface area contributed by atoms with Crippen molar-refractivity contribution in [3.8, 4) is 0 Å². The molecule has 144 valence electrons. The highest BCUT2D eigenvalue weighted by Gasteiger charge is 2.27. The summed E-state index contributed by atoms with van der Waals surface area (Å²) >= 11 is 0. The van der Waals surface area contributed by atoms with E-state index in [1.54, 1.807) is 0 Å². The zero-order chi connectivity index (χ0) is 19.3. The highest BCUT2D eigenvalue weighted by Crippen LogP contribution is 2.21. The second-order valence-corrected chi connectivity index (χ2v) is 7.68. The largest absolute Gasteiger partial charge is 0.509 e. The van der Waals surface area contributed by atoms with Crippen LogP contribution >= 0.6 is 0 Å². The van der Waals surface area contributed by atoms with Gasteiger partial charge in [0.05, 0.1) is 0 Å². The van der Waals surface area contributed by atoms with Gasteiger partial charge < -0.3 is 9.47 Å². The van der Waals surface area contributed by atoms with E-state index in [-0.39, 0.29) is 17.9 Å². The topological polar surface area (TPSA) is 35.5 Å². The number of hydrogen-bond acceptors (Lipinski definition) is 3. The number of carbonyl (C=O) groups excluding carboxylic acids is 1. The van der Waals surface area contributed by atoms with Crippen LogP contribution < -0.4 is 0 Å².